The van der Waals surface area contributed by atoms with Gasteiger partial charge in [-0.15, -0.1) is 0 Å². The second kappa shape index (κ2) is 12.7. The lowest BCUT2D eigenvalue weighted by Crippen LogP contribution is -2.44. The number of likely N-dealkylation sites (tertiary alicyclic amines) is 1. The number of aromatic amines is 1. The Morgan fingerprint density at radius 2 is 1.88 bits per heavy atom. The lowest BCUT2D eigenvalue weighted by Gasteiger charge is -2.35. The highest BCUT2D eigenvalue weighted by molar-refractivity contribution is 5.69. The third kappa shape index (κ3) is 8.08. The molecule has 1 saturated heterocycles. The Morgan fingerprint density at radius 3 is 2.58 bits per heavy atom. The Hall–Kier alpha value is -4.34. The molecule has 1 aliphatic rings. The maximum absolute atomic E-state index is 12.9. The van der Waals surface area contributed by atoms with Crippen molar-refractivity contribution in [2.24, 2.45) is 5.92 Å². The van der Waals surface area contributed by atoms with Crippen LogP contribution < -0.4 is 16.6 Å². The Bertz CT molecular complexity index is 1350. The van der Waals surface area contributed by atoms with Crippen molar-refractivity contribution in [1.82, 2.24) is 20.4 Å². The fourth-order valence-corrected chi connectivity index (χ4v) is 4.72. The molecule has 3 aromatic rings. The number of nitrogens with two attached hydrogens (primary N) is 1. The first-order valence-corrected chi connectivity index (χ1v) is 13.5. The number of benzene rings is 2. The predicted octanol–water partition coefficient (Wildman–Crippen LogP) is 5.02. The molecule has 4 rings (SSSR count). The Morgan fingerprint density at radius 1 is 1.15 bits per heavy atom. The molecule has 10 nitrogen and oxygen atoms in total. The molecular weight excluding hydrogens is 510 g/mol. The predicted molar refractivity (Wildman–Crippen MR) is 152 cm³/mol. The van der Waals surface area contributed by atoms with E-state index in [1.54, 1.807) is 35.2 Å². The van der Waals surface area contributed by atoms with Crippen molar-refractivity contribution in [3.05, 3.63) is 82.3 Å². The van der Waals surface area contributed by atoms with Gasteiger partial charge in [0.25, 0.3) is 5.56 Å². The molecule has 10 heteroatoms. The second-order valence-electron chi connectivity index (χ2n) is 11.1. The lowest BCUT2D eigenvalue weighted by molar-refractivity contribution is 0.0155. The van der Waals surface area contributed by atoms with Crippen LogP contribution in [0.5, 0.6) is 0 Å². The minimum Gasteiger partial charge on any atom is -0.445 e. The minimum atomic E-state index is -0.601. The summed E-state index contributed by atoms with van der Waals surface area (Å²) in [5.74, 6) is 0.0643. The van der Waals surface area contributed by atoms with Crippen LogP contribution in [0.3, 0.4) is 0 Å². The van der Waals surface area contributed by atoms with E-state index in [0.29, 0.717) is 42.0 Å². The van der Waals surface area contributed by atoms with E-state index in [9.17, 15) is 14.4 Å². The average molecular weight is 548 g/mol. The molecule has 1 fully saturated rings. The van der Waals surface area contributed by atoms with E-state index < -0.39 is 17.7 Å². The van der Waals surface area contributed by atoms with Crippen LogP contribution in [0, 0.1) is 5.92 Å². The third-order valence-corrected chi connectivity index (χ3v) is 6.65. The molecule has 2 amide bonds. The van der Waals surface area contributed by atoms with Gasteiger partial charge in [-0.3, -0.25) is 4.79 Å². The van der Waals surface area contributed by atoms with Gasteiger partial charge in [0.1, 0.15) is 12.2 Å². The zero-order valence-corrected chi connectivity index (χ0v) is 23.2. The van der Waals surface area contributed by atoms with Crippen LogP contribution in [-0.4, -0.2) is 46.0 Å². The number of hydrogen-bond donors (Lipinski definition) is 3. The largest absolute Gasteiger partial charge is 0.445 e. The van der Waals surface area contributed by atoms with Crippen LogP contribution >= 0.6 is 0 Å². The molecule has 2 aromatic carbocycles. The summed E-state index contributed by atoms with van der Waals surface area (Å²) in [7, 11) is 0. The molecule has 1 aromatic heterocycles. The average Bonchev–Trinajstić information content (AvgIpc) is 2.92. The van der Waals surface area contributed by atoms with Crippen LogP contribution in [0.4, 0.5) is 15.3 Å². The molecule has 0 saturated carbocycles. The molecule has 2 heterocycles. The topological polar surface area (TPSA) is 140 Å². The van der Waals surface area contributed by atoms with Crippen LogP contribution in [-0.2, 0) is 16.1 Å². The molecule has 2 atom stereocenters. The van der Waals surface area contributed by atoms with E-state index in [1.165, 1.54) is 0 Å². The molecule has 0 radical (unpaired) electrons. The maximum atomic E-state index is 12.9. The summed E-state index contributed by atoms with van der Waals surface area (Å²) < 4.78 is 11.1. The maximum Gasteiger partial charge on any atom is 0.410 e. The summed E-state index contributed by atoms with van der Waals surface area (Å²) in [6.07, 6.45) is 1.21. The zero-order valence-electron chi connectivity index (χ0n) is 23.2. The number of nitrogen functional groups attached to an aromatic ring is 1. The third-order valence-electron chi connectivity index (χ3n) is 6.65. The molecule has 1 unspecified atom stereocenters. The zero-order chi connectivity index (χ0) is 28.7. The highest BCUT2D eigenvalue weighted by Gasteiger charge is 2.31. The molecule has 4 N–H and O–H groups in total. The first kappa shape index (κ1) is 28.7. The number of H-pyrrole nitrogens is 1. The second-order valence-corrected chi connectivity index (χ2v) is 11.1. The number of anilines is 1. The van der Waals surface area contributed by atoms with Crippen LogP contribution in [0.25, 0.3) is 11.1 Å². The normalized spacial score (nSPS) is 16.2. The molecule has 0 spiro atoms. The number of rotatable bonds is 7. The number of carbonyl (C=O) groups excluding carboxylic acids is 2. The number of aromatic nitrogens is 2. The number of piperidine rings is 1. The Balaban J connectivity index is 1.55. The molecular formula is C30H37N5O5. The van der Waals surface area contributed by atoms with Crippen molar-refractivity contribution < 1.29 is 19.1 Å². The van der Waals surface area contributed by atoms with Gasteiger partial charge in [-0.05, 0) is 75.3 Å². The van der Waals surface area contributed by atoms with E-state index in [2.05, 4.69) is 15.5 Å². The smallest absolute Gasteiger partial charge is 0.410 e. The minimum absolute atomic E-state index is 0.0643. The van der Waals surface area contributed by atoms with E-state index >= 15 is 0 Å². The van der Waals surface area contributed by atoms with Crippen molar-refractivity contribution in [2.45, 2.75) is 58.3 Å². The summed E-state index contributed by atoms with van der Waals surface area (Å²) in [5, 5.41) is 9.79. The van der Waals surface area contributed by atoms with Crippen LogP contribution in [0.15, 0.2) is 65.5 Å². The van der Waals surface area contributed by atoms with E-state index in [4.69, 9.17) is 15.2 Å². The van der Waals surface area contributed by atoms with Crippen molar-refractivity contribution >= 4 is 17.9 Å². The number of amides is 2. The van der Waals surface area contributed by atoms with Crippen molar-refractivity contribution in [2.75, 3.05) is 18.8 Å². The van der Waals surface area contributed by atoms with Gasteiger partial charge in [-0.25, -0.2) is 14.7 Å². The number of carbonyl (C=O) groups is 2. The SMILES string of the molecule is CC(C)(C)OC(=O)N1CCCC(C[C@H](NC(=O)OCc2ccccc2)c2cc(-c3ccc(N)cc3)c(=O)[nH]n2)C1. The molecule has 0 bridgehead atoms. The summed E-state index contributed by atoms with van der Waals surface area (Å²) in [4.78, 5) is 40.0. The fourth-order valence-electron chi connectivity index (χ4n) is 4.72. The van der Waals surface area contributed by atoms with Gasteiger partial charge in [0, 0.05) is 18.8 Å². The fraction of sp³-hybridized carbons (Fsp3) is 0.400. The standard InChI is InChI=1S/C30H37N5O5/c1-30(2,3)40-29(38)35-15-7-10-21(18-35)16-25(32-28(37)39-19-20-8-5-4-6-9-20)26-17-24(27(36)34-33-26)22-11-13-23(31)14-12-22/h4-6,8-9,11-14,17,21,25H,7,10,15-16,18-19,31H2,1-3H3,(H,32,37)(H,34,36)/t21?,25-/m0/s1. The lowest BCUT2D eigenvalue weighted by atomic mass is 9.90. The summed E-state index contributed by atoms with van der Waals surface area (Å²) in [6.45, 7) is 6.74. The van der Waals surface area contributed by atoms with Gasteiger partial charge in [0.15, 0.2) is 0 Å². The Kier molecular flexibility index (Phi) is 9.08. The summed E-state index contributed by atoms with van der Waals surface area (Å²) in [5.41, 5.74) is 7.90. The first-order valence-electron chi connectivity index (χ1n) is 13.5. The Labute approximate surface area is 233 Å². The quantitative estimate of drug-likeness (QED) is 0.353. The van der Waals surface area contributed by atoms with Gasteiger partial charge in [-0.2, -0.15) is 5.10 Å². The van der Waals surface area contributed by atoms with Crippen molar-refractivity contribution in [1.29, 1.82) is 0 Å². The number of nitrogens with zero attached hydrogens (tertiary/aromatic N) is 2. The van der Waals surface area contributed by atoms with Gasteiger partial charge in [0.05, 0.1) is 17.3 Å². The molecule has 0 aliphatic carbocycles. The molecule has 212 valence electrons. The van der Waals surface area contributed by atoms with Crippen LogP contribution in [0.2, 0.25) is 0 Å². The van der Waals surface area contributed by atoms with Crippen molar-refractivity contribution in [3.8, 4) is 11.1 Å². The highest BCUT2D eigenvalue weighted by Crippen LogP contribution is 2.29. The van der Waals surface area contributed by atoms with Crippen molar-refractivity contribution in [3.63, 3.8) is 0 Å². The van der Waals surface area contributed by atoms with Gasteiger partial charge >= 0.3 is 12.2 Å². The van der Waals surface area contributed by atoms with Gasteiger partial charge < -0.3 is 25.4 Å². The number of ether oxygens (including phenoxy) is 2. The van der Waals surface area contributed by atoms with E-state index in [0.717, 1.165) is 18.4 Å². The molecule has 40 heavy (non-hydrogen) atoms. The number of nitrogens with one attached hydrogen (secondary N) is 2. The molecule has 1 aliphatic heterocycles. The monoisotopic (exact) mass is 547 g/mol. The summed E-state index contributed by atoms with van der Waals surface area (Å²) in [6, 6.07) is 17.5. The number of alkyl carbamates (subject to hydrolysis) is 1. The van der Waals surface area contributed by atoms with E-state index in [-0.39, 0.29) is 24.2 Å². The van der Waals surface area contributed by atoms with Gasteiger partial charge in [-0.1, -0.05) is 42.5 Å². The van der Waals surface area contributed by atoms with Gasteiger partial charge in [0.2, 0.25) is 0 Å². The highest BCUT2D eigenvalue weighted by atomic mass is 16.6. The van der Waals surface area contributed by atoms with Crippen LogP contribution in [0.1, 0.15) is 57.3 Å². The first-order chi connectivity index (χ1) is 19.1. The number of hydrogen-bond acceptors (Lipinski definition) is 7. The summed E-state index contributed by atoms with van der Waals surface area (Å²) >= 11 is 0. The van der Waals surface area contributed by atoms with E-state index in [1.807, 2.05) is 51.1 Å².